The molecule has 5 heteroatoms. The van der Waals surface area contributed by atoms with Gasteiger partial charge in [0.1, 0.15) is 5.82 Å². The Hall–Kier alpha value is -1.69. The highest BCUT2D eigenvalue weighted by Crippen LogP contribution is 2.19. The fraction of sp³-hybridized carbons (Fsp3) is 0.500. The normalized spacial score (nSPS) is 17.3. The molecule has 1 aromatic heterocycles. The van der Waals surface area contributed by atoms with Gasteiger partial charge in [-0.3, -0.25) is 4.90 Å². The van der Waals surface area contributed by atoms with E-state index in [4.69, 9.17) is 4.74 Å². The molecule has 2 heterocycles. The number of hydrogen-bond acceptors (Lipinski definition) is 4. The van der Waals surface area contributed by atoms with E-state index in [1.165, 1.54) is 0 Å². The van der Waals surface area contributed by atoms with Gasteiger partial charge < -0.3 is 14.4 Å². The average molecular weight is 315 g/mol. The quantitative estimate of drug-likeness (QED) is 0.888. The van der Waals surface area contributed by atoms with Crippen molar-refractivity contribution >= 4 is 0 Å². The molecule has 0 aliphatic carbocycles. The van der Waals surface area contributed by atoms with Crippen molar-refractivity contribution in [3.05, 3.63) is 48.0 Å². The van der Waals surface area contributed by atoms with Crippen molar-refractivity contribution in [2.45, 2.75) is 25.9 Å². The highest BCUT2D eigenvalue weighted by atomic mass is 16.5. The first-order valence-electron chi connectivity index (χ1n) is 8.38. The highest BCUT2D eigenvalue weighted by molar-refractivity contribution is 5.36. The van der Waals surface area contributed by atoms with Gasteiger partial charge in [0.2, 0.25) is 0 Å². The van der Waals surface area contributed by atoms with Gasteiger partial charge in [-0.05, 0) is 24.1 Å². The number of imidazole rings is 1. The zero-order valence-corrected chi connectivity index (χ0v) is 13.7. The SMILES string of the molecule is CCCc1nccn1-c1ccc(C(O)CN2CCOCC2)cc1. The predicted octanol–water partition coefficient (Wildman–Crippen LogP) is 2.19. The smallest absolute Gasteiger partial charge is 0.113 e. The fourth-order valence-corrected chi connectivity index (χ4v) is 2.97. The number of rotatable bonds is 6. The van der Waals surface area contributed by atoms with Crippen LogP contribution in [0.3, 0.4) is 0 Å². The Balaban J connectivity index is 1.67. The molecule has 0 amide bonds. The summed E-state index contributed by atoms with van der Waals surface area (Å²) in [6.07, 6.45) is 5.41. The first-order chi connectivity index (χ1) is 11.3. The van der Waals surface area contributed by atoms with Crippen molar-refractivity contribution in [2.75, 3.05) is 32.8 Å². The van der Waals surface area contributed by atoms with Crippen LogP contribution in [0.5, 0.6) is 0 Å². The third-order valence-corrected chi connectivity index (χ3v) is 4.28. The van der Waals surface area contributed by atoms with E-state index >= 15 is 0 Å². The van der Waals surface area contributed by atoms with Gasteiger partial charge >= 0.3 is 0 Å². The number of aromatic nitrogens is 2. The maximum absolute atomic E-state index is 10.4. The molecule has 2 aromatic rings. The Morgan fingerprint density at radius 3 is 2.65 bits per heavy atom. The summed E-state index contributed by atoms with van der Waals surface area (Å²) in [6.45, 7) is 6.12. The van der Waals surface area contributed by atoms with Crippen LogP contribution in [-0.2, 0) is 11.2 Å². The van der Waals surface area contributed by atoms with Crippen LogP contribution in [0.2, 0.25) is 0 Å². The molecule has 5 nitrogen and oxygen atoms in total. The number of β-amino-alcohol motifs (C(OH)–C–C–N with tert-alkyl or cyclic N) is 1. The molecule has 0 spiro atoms. The monoisotopic (exact) mass is 315 g/mol. The van der Waals surface area contributed by atoms with Crippen LogP contribution in [0, 0.1) is 0 Å². The van der Waals surface area contributed by atoms with Crippen LogP contribution >= 0.6 is 0 Å². The van der Waals surface area contributed by atoms with Gasteiger partial charge in [-0.25, -0.2) is 4.98 Å². The van der Waals surface area contributed by atoms with Gasteiger partial charge in [0.05, 0.1) is 19.3 Å². The van der Waals surface area contributed by atoms with E-state index in [9.17, 15) is 5.11 Å². The first-order valence-corrected chi connectivity index (χ1v) is 8.38. The molecular formula is C18H25N3O2. The second-order valence-electron chi connectivity index (χ2n) is 5.98. The largest absolute Gasteiger partial charge is 0.387 e. The van der Waals surface area contributed by atoms with Crippen molar-refractivity contribution < 1.29 is 9.84 Å². The lowest BCUT2D eigenvalue weighted by Gasteiger charge is -2.28. The number of ether oxygens (including phenoxy) is 1. The third-order valence-electron chi connectivity index (χ3n) is 4.28. The van der Waals surface area contributed by atoms with Gasteiger partial charge in [0.15, 0.2) is 0 Å². The number of morpholine rings is 1. The molecule has 1 aliphatic heterocycles. The van der Waals surface area contributed by atoms with Crippen molar-refractivity contribution in [3.63, 3.8) is 0 Å². The number of benzene rings is 1. The minimum atomic E-state index is -0.458. The summed E-state index contributed by atoms with van der Waals surface area (Å²) in [5.41, 5.74) is 2.05. The Labute approximate surface area is 137 Å². The number of hydrogen-bond donors (Lipinski definition) is 1. The van der Waals surface area contributed by atoms with E-state index in [0.29, 0.717) is 6.54 Å². The average Bonchev–Trinajstić information content (AvgIpc) is 3.04. The van der Waals surface area contributed by atoms with E-state index in [-0.39, 0.29) is 0 Å². The minimum absolute atomic E-state index is 0.458. The molecule has 23 heavy (non-hydrogen) atoms. The van der Waals surface area contributed by atoms with Gasteiger partial charge in [0.25, 0.3) is 0 Å². The molecule has 0 saturated carbocycles. The molecule has 1 saturated heterocycles. The molecule has 1 aromatic carbocycles. The van der Waals surface area contributed by atoms with Crippen LogP contribution in [0.25, 0.3) is 5.69 Å². The fourth-order valence-electron chi connectivity index (χ4n) is 2.97. The van der Waals surface area contributed by atoms with Crippen LogP contribution in [0.4, 0.5) is 0 Å². The Bertz CT molecular complexity index is 603. The molecule has 124 valence electrons. The summed E-state index contributed by atoms with van der Waals surface area (Å²) >= 11 is 0. The van der Waals surface area contributed by atoms with Crippen molar-refractivity contribution in [1.29, 1.82) is 0 Å². The lowest BCUT2D eigenvalue weighted by molar-refractivity contribution is 0.0143. The standard InChI is InChI=1S/C18H25N3O2/c1-2-3-18-19-8-9-21(18)16-6-4-15(5-7-16)17(22)14-20-10-12-23-13-11-20/h4-9,17,22H,2-3,10-14H2,1H3. The molecule has 0 radical (unpaired) electrons. The summed E-state index contributed by atoms with van der Waals surface area (Å²) in [6, 6.07) is 8.13. The molecular weight excluding hydrogens is 290 g/mol. The van der Waals surface area contributed by atoms with Crippen molar-refractivity contribution in [2.24, 2.45) is 0 Å². The van der Waals surface area contributed by atoms with Gasteiger partial charge in [-0.1, -0.05) is 19.1 Å². The van der Waals surface area contributed by atoms with Crippen LogP contribution in [0.15, 0.2) is 36.7 Å². The number of nitrogens with zero attached hydrogens (tertiary/aromatic N) is 3. The lowest BCUT2D eigenvalue weighted by Crippen LogP contribution is -2.38. The number of aliphatic hydroxyl groups excluding tert-OH is 1. The molecule has 1 fully saturated rings. The maximum Gasteiger partial charge on any atom is 0.113 e. The van der Waals surface area contributed by atoms with Crippen LogP contribution in [0.1, 0.15) is 30.8 Å². The summed E-state index contributed by atoms with van der Waals surface area (Å²) < 4.78 is 7.46. The van der Waals surface area contributed by atoms with E-state index in [0.717, 1.165) is 56.2 Å². The molecule has 1 unspecified atom stereocenters. The van der Waals surface area contributed by atoms with Crippen molar-refractivity contribution in [1.82, 2.24) is 14.5 Å². The summed E-state index contributed by atoms with van der Waals surface area (Å²) in [5.74, 6) is 1.08. The number of aryl methyl sites for hydroxylation is 1. The van der Waals surface area contributed by atoms with Crippen molar-refractivity contribution in [3.8, 4) is 5.69 Å². The van der Waals surface area contributed by atoms with E-state index in [1.807, 2.05) is 24.5 Å². The second kappa shape index (κ2) is 7.73. The highest BCUT2D eigenvalue weighted by Gasteiger charge is 2.16. The van der Waals surface area contributed by atoms with E-state index in [2.05, 4.69) is 33.5 Å². The molecule has 0 bridgehead atoms. The topological polar surface area (TPSA) is 50.5 Å². The second-order valence-corrected chi connectivity index (χ2v) is 5.98. The van der Waals surface area contributed by atoms with Gasteiger partial charge in [-0.15, -0.1) is 0 Å². The predicted molar refractivity (Wildman–Crippen MR) is 89.8 cm³/mol. The maximum atomic E-state index is 10.4. The van der Waals surface area contributed by atoms with E-state index in [1.54, 1.807) is 0 Å². The Morgan fingerprint density at radius 1 is 1.22 bits per heavy atom. The van der Waals surface area contributed by atoms with Gasteiger partial charge in [0, 0.05) is 44.1 Å². The van der Waals surface area contributed by atoms with Crippen LogP contribution in [-0.4, -0.2) is 52.4 Å². The third kappa shape index (κ3) is 3.99. The lowest BCUT2D eigenvalue weighted by atomic mass is 10.1. The summed E-state index contributed by atoms with van der Waals surface area (Å²) in [5, 5.41) is 10.4. The molecule has 1 N–H and O–H groups in total. The number of aliphatic hydroxyl groups is 1. The molecule has 1 aliphatic rings. The Morgan fingerprint density at radius 2 is 1.96 bits per heavy atom. The van der Waals surface area contributed by atoms with E-state index < -0.39 is 6.10 Å². The summed E-state index contributed by atoms with van der Waals surface area (Å²) in [4.78, 5) is 6.66. The molecule has 3 rings (SSSR count). The Kier molecular flexibility index (Phi) is 5.43. The minimum Gasteiger partial charge on any atom is -0.387 e. The molecule has 1 atom stereocenters. The zero-order valence-electron chi connectivity index (χ0n) is 13.7. The van der Waals surface area contributed by atoms with Crippen LogP contribution < -0.4 is 0 Å². The first kappa shape index (κ1) is 16.2. The summed E-state index contributed by atoms with van der Waals surface area (Å²) in [7, 11) is 0. The zero-order chi connectivity index (χ0) is 16.1. The van der Waals surface area contributed by atoms with Gasteiger partial charge in [-0.2, -0.15) is 0 Å².